The van der Waals surface area contributed by atoms with Gasteiger partial charge in [0.2, 0.25) is 24.4 Å². The zero-order valence-electron chi connectivity index (χ0n) is 40.5. The highest BCUT2D eigenvalue weighted by Crippen LogP contribution is 2.40. The van der Waals surface area contributed by atoms with Crippen LogP contribution in [-0.2, 0) is 47.5 Å². The molecule has 3 saturated heterocycles. The number of aliphatic hydroxyl groups excluding tert-OH is 10. The van der Waals surface area contributed by atoms with E-state index in [9.17, 15) is 76.0 Å². The highest BCUT2D eigenvalue weighted by molar-refractivity contribution is 5.87. The number of allylic oxidation sites excluding steroid dienone is 2. The van der Waals surface area contributed by atoms with Gasteiger partial charge in [-0.3, -0.25) is 0 Å². The fourth-order valence-corrected chi connectivity index (χ4v) is 8.52. The third-order valence-corrected chi connectivity index (χ3v) is 12.8. The molecule has 16 atom stereocenters. The molecule has 4 aliphatic heterocycles. The average Bonchev–Trinajstić information content (AvgIpc) is 3.45. The summed E-state index contributed by atoms with van der Waals surface area (Å²) in [6.45, 7) is -2.26. The summed E-state index contributed by atoms with van der Waals surface area (Å²) >= 11 is 0. The third kappa shape index (κ3) is 13.0. The first-order valence-corrected chi connectivity index (χ1v) is 23.8. The molecule has 4 heterocycles. The SMILES string of the molecule is COc1cc(/C=C/C(=O)OC[C@H]2O[C@@H](O[C@H]3[C@H](OC4=C(c5ccc(O)cc5)[OH+]C5C=C(O)C=C(O[C@@H]6O[C@H](CO)[C@@H](O)[C@H](O)[C@H]6O)C5=C4)O[C@H](COC(=O)/C=C/c4ccc(O)cc4)[C@@H](O)[C@@H]3O)[C@H](O)[C@@H](O)[C@@H]2O)ccc1O. The second-order valence-corrected chi connectivity index (χ2v) is 18.1. The number of carbonyl (C=O) groups excluding carboxylic acids is 2. The van der Waals surface area contributed by atoms with E-state index in [1.807, 2.05) is 0 Å². The Labute approximate surface area is 437 Å². The maximum atomic E-state index is 12.9. The van der Waals surface area contributed by atoms with E-state index in [1.54, 1.807) is 0 Å². The maximum Gasteiger partial charge on any atom is 0.330 e. The van der Waals surface area contributed by atoms with Crippen LogP contribution in [0.1, 0.15) is 16.7 Å². The van der Waals surface area contributed by atoms with E-state index in [4.69, 9.17) is 47.4 Å². The summed E-state index contributed by atoms with van der Waals surface area (Å²) in [5.74, 6) is -2.95. The van der Waals surface area contributed by atoms with Crippen molar-refractivity contribution in [3.05, 3.63) is 137 Å². The first kappa shape index (κ1) is 56.1. The normalized spacial score (nSPS) is 32.3. The van der Waals surface area contributed by atoms with Crippen molar-refractivity contribution < 1.29 is 123 Å². The molecule has 3 aromatic rings. The quantitative estimate of drug-likeness (QED) is 0.0422. The fraction of sp³-hybridized carbons (Fsp3) is 0.385. The monoisotopic (exact) mass is 1080 g/mol. The molecule has 0 saturated carbocycles. The molecule has 0 amide bonds. The molecule has 1 unspecified atom stereocenters. The molecule has 25 heteroatoms. The zero-order chi connectivity index (χ0) is 55.2. The van der Waals surface area contributed by atoms with Gasteiger partial charge >= 0.3 is 17.7 Å². The Hall–Kier alpha value is -7.08. The second kappa shape index (κ2) is 24.5. The third-order valence-electron chi connectivity index (χ3n) is 12.8. The Kier molecular flexibility index (Phi) is 17.9. The van der Waals surface area contributed by atoms with Crippen LogP contribution in [0.15, 0.2) is 120 Å². The van der Waals surface area contributed by atoms with Gasteiger partial charge < -0.3 is 114 Å². The van der Waals surface area contributed by atoms with Crippen LogP contribution in [0.25, 0.3) is 17.9 Å². The minimum absolute atomic E-state index is 0.0134. The van der Waals surface area contributed by atoms with Crippen molar-refractivity contribution in [2.45, 2.75) is 98.2 Å². The van der Waals surface area contributed by atoms with Gasteiger partial charge in [0.05, 0.1) is 30.9 Å². The van der Waals surface area contributed by atoms with Gasteiger partial charge in [-0.25, -0.2) is 9.59 Å². The largest absolute Gasteiger partial charge is 0.571 e. The van der Waals surface area contributed by atoms with Crippen molar-refractivity contribution in [2.75, 3.05) is 26.9 Å². The Morgan fingerprint density at radius 1 is 0.610 bits per heavy atom. The summed E-state index contributed by atoms with van der Waals surface area (Å²) in [7, 11) is 1.34. The standard InChI is InChI=1S/C52H56O25/c1-68-33-16-24(4-13-30(33)57)6-15-39(59)69-21-36-41(61)44(64)47(67)51(75-36)77-49-45(65)42(62)37(22-70-38(58)14-5-23-2-9-26(54)10-3-23)76-52(49)73-34-19-29-31(71-48(34)25-7-11-27(55)12-8-25)17-28(56)18-32(29)72-50-46(66)43(63)40(60)35(20-53)74-50/h2-19,31,35-37,40-47,49-57,60-67H,20-22H2,1H3/p+1/b14-5+,15-6+/t31?,35-,36-,37-,40-,41-,42-,43+,44+,45+,46-,47-,49-,50-,51+,52-/m1/s1. The van der Waals surface area contributed by atoms with Crippen molar-refractivity contribution in [1.82, 2.24) is 0 Å². The van der Waals surface area contributed by atoms with E-state index >= 15 is 0 Å². The summed E-state index contributed by atoms with van der Waals surface area (Å²) in [5.41, 5.74) is 1.29. The van der Waals surface area contributed by atoms with Crippen molar-refractivity contribution in [3.63, 3.8) is 0 Å². The summed E-state index contributed by atoms with van der Waals surface area (Å²) in [6, 6.07) is 15.6. The first-order valence-electron chi connectivity index (χ1n) is 23.8. The molecule has 1 aliphatic carbocycles. The summed E-state index contributed by atoms with van der Waals surface area (Å²) in [6.07, 6.45) is -20.5. The van der Waals surface area contributed by atoms with E-state index in [1.165, 1.54) is 98.1 Å². The van der Waals surface area contributed by atoms with E-state index in [-0.39, 0.29) is 57.2 Å². The van der Waals surface area contributed by atoms with Crippen LogP contribution >= 0.6 is 0 Å². The molecule has 5 aliphatic rings. The minimum atomic E-state index is -2.10. The van der Waals surface area contributed by atoms with Crippen LogP contribution < -0.4 is 4.74 Å². The molecule has 414 valence electrons. The smallest absolute Gasteiger partial charge is 0.330 e. The molecule has 0 aromatic heterocycles. The number of rotatable bonds is 17. The Bertz CT molecular complexity index is 2750. The van der Waals surface area contributed by atoms with Crippen molar-refractivity contribution in [2.24, 2.45) is 0 Å². The summed E-state index contributed by atoms with van der Waals surface area (Å²) in [4.78, 5) is 25.7. The molecule has 3 fully saturated rings. The van der Waals surface area contributed by atoms with Gasteiger partial charge in [0.15, 0.2) is 23.9 Å². The lowest BCUT2D eigenvalue weighted by Gasteiger charge is -2.46. The number of hydrogen-bond acceptors (Lipinski definition) is 24. The number of aromatic hydroxyl groups is 3. The molecule has 0 radical (unpaired) electrons. The predicted molar refractivity (Wildman–Crippen MR) is 259 cm³/mol. The Morgan fingerprint density at radius 3 is 1.78 bits per heavy atom. The molecular weight excluding hydrogens is 1020 g/mol. The van der Waals surface area contributed by atoms with E-state index in [0.29, 0.717) is 11.1 Å². The van der Waals surface area contributed by atoms with E-state index in [2.05, 4.69) is 0 Å². The molecule has 77 heavy (non-hydrogen) atoms. The number of benzene rings is 3. The lowest BCUT2D eigenvalue weighted by molar-refractivity contribution is -0.363. The van der Waals surface area contributed by atoms with Gasteiger partial charge in [-0.1, -0.05) is 18.2 Å². The Morgan fingerprint density at radius 2 is 1.16 bits per heavy atom. The number of methoxy groups -OCH3 is 1. The summed E-state index contributed by atoms with van der Waals surface area (Å²) < 4.78 is 56.6. The maximum absolute atomic E-state index is 12.9. The number of esters is 2. The number of aliphatic hydroxyl groups is 12. The lowest BCUT2D eigenvalue weighted by Crippen LogP contribution is -2.64. The number of ether oxygens (including phenoxy) is 10. The lowest BCUT2D eigenvalue weighted by atomic mass is 9.96. The number of hydrogen-bond donors (Lipinski definition) is 13. The van der Waals surface area contributed by atoms with Crippen LogP contribution in [0.5, 0.6) is 23.0 Å². The van der Waals surface area contributed by atoms with Crippen LogP contribution in [0, 0.1) is 0 Å². The molecule has 3 aromatic carbocycles. The van der Waals surface area contributed by atoms with E-state index in [0.717, 1.165) is 18.2 Å². The fourth-order valence-electron chi connectivity index (χ4n) is 8.52. The van der Waals surface area contributed by atoms with Gasteiger partial charge in [0, 0.05) is 24.3 Å². The topological polar surface area (TPSA) is 393 Å². The molecular formula is C52H57O25+. The van der Waals surface area contributed by atoms with Crippen LogP contribution in [0.3, 0.4) is 0 Å². The average molecular weight is 1080 g/mol. The van der Waals surface area contributed by atoms with Gasteiger partial charge in [-0.2, -0.15) is 0 Å². The van der Waals surface area contributed by atoms with Crippen molar-refractivity contribution in [1.29, 1.82) is 0 Å². The minimum Gasteiger partial charge on any atom is -0.571 e. The Balaban J connectivity index is 1.09. The second-order valence-electron chi connectivity index (χ2n) is 18.1. The number of carbonyl (C=O) groups is 2. The highest BCUT2D eigenvalue weighted by Gasteiger charge is 2.53. The molecule has 14 N–H and O–H groups in total. The number of fused-ring (bicyclic) bond motifs is 1. The highest BCUT2D eigenvalue weighted by atomic mass is 16.8. The van der Waals surface area contributed by atoms with Crippen molar-refractivity contribution in [3.8, 4) is 23.0 Å². The molecule has 0 bridgehead atoms. The number of phenols is 3. The van der Waals surface area contributed by atoms with Crippen LogP contribution in [-0.4, -0.2) is 208 Å². The van der Waals surface area contributed by atoms with Gasteiger partial charge in [-0.05, 0) is 71.8 Å². The number of phenolic OH excluding ortho intramolecular Hbond substituents is 3. The predicted octanol–water partition coefficient (Wildman–Crippen LogP) is -1.36. The van der Waals surface area contributed by atoms with Crippen molar-refractivity contribution >= 4 is 29.8 Å². The van der Waals surface area contributed by atoms with Gasteiger partial charge in [0.25, 0.3) is 0 Å². The first-order chi connectivity index (χ1) is 36.8. The van der Waals surface area contributed by atoms with E-state index < -0.39 is 130 Å². The molecule has 0 spiro atoms. The van der Waals surface area contributed by atoms with Gasteiger partial charge in [-0.15, -0.1) is 0 Å². The summed E-state index contributed by atoms with van der Waals surface area (Å²) in [5, 5.41) is 139. The van der Waals surface area contributed by atoms with Crippen LogP contribution in [0.2, 0.25) is 0 Å². The van der Waals surface area contributed by atoms with Crippen LogP contribution in [0.4, 0.5) is 0 Å². The van der Waals surface area contributed by atoms with Gasteiger partial charge in [0.1, 0.15) is 103 Å². The zero-order valence-corrected chi connectivity index (χ0v) is 40.5. The molecule has 25 nitrogen and oxygen atoms in total. The molecule has 8 rings (SSSR count).